The highest BCUT2D eigenvalue weighted by Crippen LogP contribution is 2.38. The number of hydrogen-bond donors (Lipinski definition) is 2. The molecule has 7 heteroatoms. The summed E-state index contributed by atoms with van der Waals surface area (Å²) in [7, 11) is 0. The Hall–Kier alpha value is -1.89. The summed E-state index contributed by atoms with van der Waals surface area (Å²) < 4.78 is 5.25. The minimum Gasteiger partial charge on any atom is -0.480 e. The van der Waals surface area contributed by atoms with Gasteiger partial charge in [0.05, 0.1) is 18.7 Å². The number of carbonyl (C=O) groups excluding carboxylic acids is 2. The van der Waals surface area contributed by atoms with Crippen LogP contribution in [-0.2, 0) is 19.1 Å². The fourth-order valence-corrected chi connectivity index (χ4v) is 5.36. The lowest BCUT2D eigenvalue weighted by Gasteiger charge is -2.31. The molecule has 0 aromatic carbocycles. The third-order valence-corrected chi connectivity index (χ3v) is 6.96. The van der Waals surface area contributed by atoms with Gasteiger partial charge in [0.2, 0.25) is 5.91 Å². The number of nitrogens with zero attached hydrogens (tertiary/aromatic N) is 1. The number of nitrogens with one attached hydrogen (secondary N) is 1. The minimum atomic E-state index is -0.961. The van der Waals surface area contributed by atoms with Crippen molar-refractivity contribution in [2.24, 2.45) is 11.8 Å². The highest BCUT2D eigenvalue weighted by atomic mass is 16.5. The van der Waals surface area contributed by atoms with E-state index in [1.807, 2.05) is 12.2 Å². The maximum atomic E-state index is 13.2. The van der Waals surface area contributed by atoms with Crippen LogP contribution >= 0.6 is 0 Å². The van der Waals surface area contributed by atoms with Crippen LogP contribution in [0.25, 0.3) is 0 Å². The Labute approximate surface area is 179 Å². The number of allylic oxidation sites excluding steroid dienone is 1. The molecule has 2 N–H and O–H groups in total. The molecule has 3 rings (SSSR count). The van der Waals surface area contributed by atoms with Crippen LogP contribution in [0.3, 0.4) is 0 Å². The summed E-state index contributed by atoms with van der Waals surface area (Å²) in [5, 5.41) is 12.8. The molecule has 168 valence electrons. The predicted octanol–water partition coefficient (Wildman–Crippen LogP) is 2.89. The topological polar surface area (TPSA) is 95.9 Å². The van der Waals surface area contributed by atoms with E-state index in [0.29, 0.717) is 25.4 Å². The number of likely N-dealkylation sites (tertiary alicyclic amines) is 1. The molecule has 1 saturated carbocycles. The molecule has 1 aliphatic heterocycles. The number of amides is 1. The lowest BCUT2D eigenvalue weighted by molar-refractivity contribution is -0.151. The number of esters is 1. The van der Waals surface area contributed by atoms with Gasteiger partial charge in [0.1, 0.15) is 12.1 Å². The van der Waals surface area contributed by atoms with E-state index in [1.165, 1.54) is 37.0 Å². The van der Waals surface area contributed by atoms with Crippen LogP contribution < -0.4 is 5.32 Å². The van der Waals surface area contributed by atoms with E-state index < -0.39 is 24.1 Å². The molecule has 7 nitrogen and oxygen atoms in total. The third-order valence-electron chi connectivity index (χ3n) is 6.96. The van der Waals surface area contributed by atoms with E-state index in [-0.39, 0.29) is 23.8 Å². The molecule has 30 heavy (non-hydrogen) atoms. The van der Waals surface area contributed by atoms with E-state index in [9.17, 15) is 19.5 Å². The zero-order chi connectivity index (χ0) is 21.7. The monoisotopic (exact) mass is 420 g/mol. The SMILES string of the molecule is CCOC(=O)[C@H](CCC1CCCCC1)N[C@@H](C)C(=O)N1[C@H](C(=O)O)C[C@H]2CC=C[C@@H]21. The Morgan fingerprint density at radius 1 is 1.23 bits per heavy atom. The van der Waals surface area contributed by atoms with Crippen molar-refractivity contribution in [2.75, 3.05) is 6.61 Å². The Balaban J connectivity index is 1.64. The number of fused-ring (bicyclic) bond motifs is 1. The number of rotatable bonds is 9. The van der Waals surface area contributed by atoms with Crippen molar-refractivity contribution < 1.29 is 24.2 Å². The minimum absolute atomic E-state index is 0.161. The van der Waals surface area contributed by atoms with Gasteiger partial charge < -0.3 is 14.7 Å². The van der Waals surface area contributed by atoms with Crippen molar-refractivity contribution in [1.29, 1.82) is 0 Å². The van der Waals surface area contributed by atoms with Crippen LogP contribution in [0.4, 0.5) is 0 Å². The standard InChI is InChI=1S/C23H36N2O5/c1-3-30-23(29)18(13-12-16-8-5-4-6-9-16)24-15(2)21(26)25-19-11-7-10-17(19)14-20(25)22(27)28/h7,11,15-20,24H,3-6,8-10,12-14H2,1-2H3,(H,27,28)/t15-,17+,18-,19-,20-/m0/s1. The highest BCUT2D eigenvalue weighted by Gasteiger charge is 2.48. The quantitative estimate of drug-likeness (QED) is 0.440. The van der Waals surface area contributed by atoms with Crippen molar-refractivity contribution in [3.8, 4) is 0 Å². The Morgan fingerprint density at radius 3 is 2.63 bits per heavy atom. The van der Waals surface area contributed by atoms with Gasteiger partial charge in [0.25, 0.3) is 0 Å². The maximum absolute atomic E-state index is 13.2. The summed E-state index contributed by atoms with van der Waals surface area (Å²) in [6.45, 7) is 3.80. The van der Waals surface area contributed by atoms with Gasteiger partial charge in [-0.2, -0.15) is 0 Å². The van der Waals surface area contributed by atoms with Crippen molar-refractivity contribution in [3.63, 3.8) is 0 Å². The van der Waals surface area contributed by atoms with E-state index in [2.05, 4.69) is 5.32 Å². The molecule has 1 heterocycles. The first-order valence-electron chi connectivity index (χ1n) is 11.6. The second-order valence-electron chi connectivity index (χ2n) is 9.02. The Bertz CT molecular complexity index is 658. The molecule has 5 atom stereocenters. The van der Waals surface area contributed by atoms with Gasteiger partial charge in [-0.05, 0) is 51.4 Å². The molecule has 0 aromatic rings. The summed E-state index contributed by atoms with van der Waals surface area (Å²) in [5.41, 5.74) is 0. The van der Waals surface area contributed by atoms with Gasteiger partial charge in [-0.1, -0.05) is 44.3 Å². The van der Waals surface area contributed by atoms with E-state index in [0.717, 1.165) is 12.8 Å². The lowest BCUT2D eigenvalue weighted by Crippen LogP contribution is -2.55. The third kappa shape index (κ3) is 5.23. The molecule has 0 aromatic heterocycles. The van der Waals surface area contributed by atoms with Crippen LogP contribution in [0.5, 0.6) is 0 Å². The highest BCUT2D eigenvalue weighted by molar-refractivity contribution is 5.89. The molecule has 0 spiro atoms. The van der Waals surface area contributed by atoms with Gasteiger partial charge in [0, 0.05) is 0 Å². The molecule has 1 saturated heterocycles. The molecular formula is C23H36N2O5. The lowest BCUT2D eigenvalue weighted by atomic mass is 9.85. The van der Waals surface area contributed by atoms with Crippen molar-refractivity contribution >= 4 is 17.8 Å². The first-order valence-corrected chi connectivity index (χ1v) is 11.6. The van der Waals surface area contributed by atoms with Gasteiger partial charge in [-0.25, -0.2) is 4.79 Å². The van der Waals surface area contributed by atoms with E-state index >= 15 is 0 Å². The number of carboxylic acid groups (broad SMARTS) is 1. The molecule has 3 aliphatic rings. The fourth-order valence-electron chi connectivity index (χ4n) is 5.36. The summed E-state index contributed by atoms with van der Waals surface area (Å²) in [6, 6.07) is -2.16. The van der Waals surface area contributed by atoms with Crippen molar-refractivity contribution in [3.05, 3.63) is 12.2 Å². The summed E-state index contributed by atoms with van der Waals surface area (Å²) in [4.78, 5) is 39.0. The molecular weight excluding hydrogens is 384 g/mol. The molecule has 2 fully saturated rings. The maximum Gasteiger partial charge on any atom is 0.326 e. The average molecular weight is 421 g/mol. The van der Waals surface area contributed by atoms with E-state index in [1.54, 1.807) is 13.8 Å². The number of hydrogen-bond acceptors (Lipinski definition) is 5. The number of carboxylic acids is 1. The van der Waals surface area contributed by atoms with Crippen LogP contribution in [0.1, 0.15) is 71.6 Å². The van der Waals surface area contributed by atoms with Crippen molar-refractivity contribution in [1.82, 2.24) is 10.2 Å². The second-order valence-corrected chi connectivity index (χ2v) is 9.02. The summed E-state index contributed by atoms with van der Waals surface area (Å²) >= 11 is 0. The normalized spacial score (nSPS) is 28.2. The molecule has 0 radical (unpaired) electrons. The molecule has 0 unspecified atom stereocenters. The first kappa shape index (κ1) is 22.8. The predicted molar refractivity (Wildman–Crippen MR) is 113 cm³/mol. The van der Waals surface area contributed by atoms with Crippen LogP contribution in [0.2, 0.25) is 0 Å². The molecule has 0 bridgehead atoms. The zero-order valence-electron chi connectivity index (χ0n) is 18.2. The average Bonchev–Trinajstić information content (AvgIpc) is 3.32. The summed E-state index contributed by atoms with van der Waals surface area (Å²) in [5.74, 6) is -0.744. The Morgan fingerprint density at radius 2 is 1.97 bits per heavy atom. The van der Waals surface area contributed by atoms with Crippen molar-refractivity contribution in [2.45, 2.75) is 95.8 Å². The fraction of sp³-hybridized carbons (Fsp3) is 0.783. The van der Waals surface area contributed by atoms with Gasteiger partial charge >= 0.3 is 11.9 Å². The van der Waals surface area contributed by atoms with Crippen LogP contribution in [0.15, 0.2) is 12.2 Å². The van der Waals surface area contributed by atoms with Crippen LogP contribution in [0, 0.1) is 11.8 Å². The number of aliphatic carboxylic acids is 1. The Kier molecular flexibility index (Phi) is 7.92. The molecule has 1 amide bonds. The molecule has 2 aliphatic carbocycles. The summed E-state index contributed by atoms with van der Waals surface area (Å²) in [6.07, 6.45) is 13.0. The largest absolute Gasteiger partial charge is 0.480 e. The van der Waals surface area contributed by atoms with E-state index in [4.69, 9.17) is 4.74 Å². The second kappa shape index (κ2) is 10.4. The number of carbonyl (C=O) groups is 3. The van der Waals surface area contributed by atoms with Crippen LogP contribution in [-0.4, -0.2) is 58.6 Å². The number of ether oxygens (including phenoxy) is 1. The smallest absolute Gasteiger partial charge is 0.326 e. The van der Waals surface area contributed by atoms with Gasteiger partial charge in [0.15, 0.2) is 0 Å². The van der Waals surface area contributed by atoms with Gasteiger partial charge in [-0.3, -0.25) is 14.9 Å². The van der Waals surface area contributed by atoms with Gasteiger partial charge in [-0.15, -0.1) is 0 Å². The zero-order valence-corrected chi connectivity index (χ0v) is 18.2. The first-order chi connectivity index (χ1) is 14.4.